The van der Waals surface area contributed by atoms with Gasteiger partial charge in [0.2, 0.25) is 0 Å². The molecule has 0 aliphatic heterocycles. The Kier molecular flexibility index (Phi) is 1.04. The molecule has 38 valence electrons. The van der Waals surface area contributed by atoms with Gasteiger partial charge < -0.3 is 5.73 Å². The van der Waals surface area contributed by atoms with E-state index in [9.17, 15) is 0 Å². The largest absolute Gasteiger partial charge is 0.328 e. The standard InChI is InChI=1S/C6H9N/c1-2-5-3-6(7)4-5/h1,5-6H,3-4,7H2/t5-,6-. The van der Waals surface area contributed by atoms with Crippen LogP contribution in [0.4, 0.5) is 0 Å². The monoisotopic (exact) mass is 95.1 g/mol. The van der Waals surface area contributed by atoms with Gasteiger partial charge in [-0.3, -0.25) is 0 Å². The zero-order valence-corrected chi connectivity index (χ0v) is 4.22. The van der Waals surface area contributed by atoms with Crippen molar-refractivity contribution in [3.8, 4) is 12.3 Å². The SMILES string of the molecule is C#C[C@H]1C[C@H](N)C1. The Labute approximate surface area is 43.9 Å². The Morgan fingerprint density at radius 2 is 2.14 bits per heavy atom. The molecule has 0 atom stereocenters. The van der Waals surface area contributed by atoms with E-state index in [-0.39, 0.29) is 0 Å². The van der Waals surface area contributed by atoms with E-state index in [0.29, 0.717) is 12.0 Å². The molecule has 0 amide bonds. The molecule has 0 aromatic carbocycles. The smallest absolute Gasteiger partial charge is 0.0229 e. The molecule has 1 aliphatic rings. The van der Waals surface area contributed by atoms with Crippen molar-refractivity contribution in [2.45, 2.75) is 18.9 Å². The van der Waals surface area contributed by atoms with Crippen LogP contribution in [0.15, 0.2) is 0 Å². The molecule has 0 saturated heterocycles. The van der Waals surface area contributed by atoms with Gasteiger partial charge in [-0.2, -0.15) is 0 Å². The Morgan fingerprint density at radius 3 is 2.29 bits per heavy atom. The fraction of sp³-hybridized carbons (Fsp3) is 0.667. The van der Waals surface area contributed by atoms with E-state index >= 15 is 0 Å². The average molecular weight is 95.1 g/mol. The van der Waals surface area contributed by atoms with E-state index < -0.39 is 0 Å². The van der Waals surface area contributed by atoms with Gasteiger partial charge in [-0.1, -0.05) is 0 Å². The summed E-state index contributed by atoms with van der Waals surface area (Å²) in [4.78, 5) is 0. The number of hydrogen-bond donors (Lipinski definition) is 1. The summed E-state index contributed by atoms with van der Waals surface area (Å²) < 4.78 is 0. The van der Waals surface area contributed by atoms with Gasteiger partial charge in [0.25, 0.3) is 0 Å². The molecule has 1 fully saturated rings. The fourth-order valence-corrected chi connectivity index (χ4v) is 0.798. The topological polar surface area (TPSA) is 26.0 Å². The zero-order valence-electron chi connectivity index (χ0n) is 4.22. The second-order valence-electron chi connectivity index (χ2n) is 2.10. The van der Waals surface area contributed by atoms with Crippen LogP contribution in [0.25, 0.3) is 0 Å². The minimum absolute atomic E-state index is 0.404. The summed E-state index contributed by atoms with van der Waals surface area (Å²) in [5, 5.41) is 0. The van der Waals surface area contributed by atoms with Gasteiger partial charge in [0.15, 0.2) is 0 Å². The van der Waals surface area contributed by atoms with Gasteiger partial charge in [0.05, 0.1) is 0 Å². The van der Waals surface area contributed by atoms with Crippen molar-refractivity contribution in [3.63, 3.8) is 0 Å². The lowest BCUT2D eigenvalue weighted by molar-refractivity contribution is 0.335. The summed E-state index contributed by atoms with van der Waals surface area (Å²) in [6.45, 7) is 0. The summed E-state index contributed by atoms with van der Waals surface area (Å²) in [5.41, 5.74) is 5.45. The maximum atomic E-state index is 5.45. The van der Waals surface area contributed by atoms with Crippen molar-refractivity contribution >= 4 is 0 Å². The highest BCUT2D eigenvalue weighted by molar-refractivity contribution is 5.01. The molecule has 1 nitrogen and oxygen atoms in total. The molecule has 0 bridgehead atoms. The molecule has 0 aromatic rings. The lowest BCUT2D eigenvalue weighted by Crippen LogP contribution is -2.35. The van der Waals surface area contributed by atoms with Crippen LogP contribution in [-0.2, 0) is 0 Å². The Bertz CT molecular complexity index is 95.2. The first-order valence-electron chi connectivity index (χ1n) is 2.54. The van der Waals surface area contributed by atoms with Gasteiger partial charge in [-0.25, -0.2) is 0 Å². The van der Waals surface area contributed by atoms with Gasteiger partial charge in [0, 0.05) is 12.0 Å². The van der Waals surface area contributed by atoms with Crippen LogP contribution in [0.2, 0.25) is 0 Å². The van der Waals surface area contributed by atoms with Crippen LogP contribution in [0.5, 0.6) is 0 Å². The zero-order chi connectivity index (χ0) is 5.28. The Hall–Kier alpha value is -0.480. The molecule has 0 spiro atoms. The minimum atomic E-state index is 0.404. The maximum Gasteiger partial charge on any atom is 0.0229 e. The van der Waals surface area contributed by atoms with Gasteiger partial charge in [-0.05, 0) is 12.8 Å². The van der Waals surface area contributed by atoms with E-state index in [4.69, 9.17) is 12.2 Å². The summed E-state index contributed by atoms with van der Waals surface area (Å²) in [5.74, 6) is 3.15. The van der Waals surface area contributed by atoms with E-state index in [0.717, 1.165) is 12.8 Å². The number of terminal acetylenes is 1. The normalized spacial score (nSPS) is 38.9. The fourth-order valence-electron chi connectivity index (χ4n) is 0.798. The Balaban J connectivity index is 2.21. The van der Waals surface area contributed by atoms with Crippen molar-refractivity contribution in [2.75, 3.05) is 0 Å². The molecule has 0 unspecified atom stereocenters. The maximum absolute atomic E-state index is 5.45. The summed E-state index contributed by atoms with van der Waals surface area (Å²) in [6.07, 6.45) is 7.17. The lowest BCUT2D eigenvalue weighted by Gasteiger charge is -2.27. The molecule has 1 heteroatoms. The third kappa shape index (κ3) is 0.755. The molecule has 0 radical (unpaired) electrons. The Morgan fingerprint density at radius 1 is 1.57 bits per heavy atom. The predicted octanol–water partition coefficient (Wildman–Crippen LogP) is 0.357. The highest BCUT2D eigenvalue weighted by atomic mass is 14.7. The van der Waals surface area contributed by atoms with Crippen LogP contribution in [-0.4, -0.2) is 6.04 Å². The van der Waals surface area contributed by atoms with E-state index in [1.54, 1.807) is 0 Å². The number of rotatable bonds is 0. The number of hydrogen-bond acceptors (Lipinski definition) is 1. The first-order chi connectivity index (χ1) is 3.33. The molecular weight excluding hydrogens is 86.1 g/mol. The summed E-state index contributed by atoms with van der Waals surface area (Å²) in [7, 11) is 0. The van der Waals surface area contributed by atoms with Gasteiger partial charge in [-0.15, -0.1) is 12.3 Å². The molecule has 7 heavy (non-hydrogen) atoms. The lowest BCUT2D eigenvalue weighted by atomic mass is 9.82. The predicted molar refractivity (Wildman–Crippen MR) is 29.5 cm³/mol. The van der Waals surface area contributed by atoms with Crippen molar-refractivity contribution < 1.29 is 0 Å². The van der Waals surface area contributed by atoms with E-state index in [1.807, 2.05) is 0 Å². The molecule has 1 aliphatic carbocycles. The quantitative estimate of drug-likeness (QED) is 0.432. The third-order valence-corrected chi connectivity index (χ3v) is 1.41. The van der Waals surface area contributed by atoms with Gasteiger partial charge in [0.1, 0.15) is 0 Å². The van der Waals surface area contributed by atoms with Gasteiger partial charge >= 0.3 is 0 Å². The molecule has 1 saturated carbocycles. The van der Waals surface area contributed by atoms with Crippen LogP contribution >= 0.6 is 0 Å². The molecule has 0 heterocycles. The minimum Gasteiger partial charge on any atom is -0.328 e. The second kappa shape index (κ2) is 1.55. The van der Waals surface area contributed by atoms with Crippen LogP contribution in [0.3, 0.4) is 0 Å². The summed E-state index contributed by atoms with van der Waals surface area (Å²) >= 11 is 0. The molecule has 0 aromatic heterocycles. The van der Waals surface area contributed by atoms with Crippen LogP contribution in [0.1, 0.15) is 12.8 Å². The first kappa shape index (κ1) is 4.67. The second-order valence-corrected chi connectivity index (χ2v) is 2.10. The highest BCUT2D eigenvalue weighted by Crippen LogP contribution is 2.23. The number of nitrogens with two attached hydrogens (primary N) is 1. The average Bonchev–Trinajstić information content (AvgIpc) is 1.58. The summed E-state index contributed by atoms with van der Waals surface area (Å²) in [6, 6.07) is 0.404. The first-order valence-corrected chi connectivity index (χ1v) is 2.54. The van der Waals surface area contributed by atoms with Crippen LogP contribution < -0.4 is 5.73 Å². The third-order valence-electron chi connectivity index (χ3n) is 1.41. The molecule has 2 N–H and O–H groups in total. The van der Waals surface area contributed by atoms with Crippen molar-refractivity contribution in [1.82, 2.24) is 0 Å². The molecular formula is C6H9N. The highest BCUT2D eigenvalue weighted by Gasteiger charge is 2.22. The van der Waals surface area contributed by atoms with Crippen molar-refractivity contribution in [2.24, 2.45) is 11.7 Å². The van der Waals surface area contributed by atoms with Crippen molar-refractivity contribution in [1.29, 1.82) is 0 Å². The van der Waals surface area contributed by atoms with Crippen LogP contribution in [0, 0.1) is 18.3 Å². The van der Waals surface area contributed by atoms with E-state index in [2.05, 4.69) is 5.92 Å². The molecule has 1 rings (SSSR count). The van der Waals surface area contributed by atoms with Crippen molar-refractivity contribution in [3.05, 3.63) is 0 Å². The van der Waals surface area contributed by atoms with E-state index in [1.165, 1.54) is 0 Å².